The third kappa shape index (κ3) is 4.58. The van der Waals surface area contributed by atoms with Crippen LogP contribution in [0.2, 0.25) is 10.0 Å². The summed E-state index contributed by atoms with van der Waals surface area (Å²) in [5.74, 6) is -0.189. The van der Waals surface area contributed by atoms with E-state index in [0.29, 0.717) is 41.5 Å². The van der Waals surface area contributed by atoms with Crippen LogP contribution in [-0.4, -0.2) is 56.8 Å². The van der Waals surface area contributed by atoms with Crippen molar-refractivity contribution in [2.24, 2.45) is 0 Å². The summed E-state index contributed by atoms with van der Waals surface area (Å²) in [5, 5.41) is 0.807. The van der Waals surface area contributed by atoms with E-state index in [4.69, 9.17) is 23.2 Å². The maximum atomic E-state index is 12.5. The van der Waals surface area contributed by atoms with Crippen molar-refractivity contribution in [1.29, 1.82) is 0 Å². The van der Waals surface area contributed by atoms with Crippen LogP contribution in [0.15, 0.2) is 18.2 Å². The second-order valence-corrected chi connectivity index (χ2v) is 8.36. The maximum Gasteiger partial charge on any atom is 0.279 e. The molecule has 128 valence electrons. The van der Waals surface area contributed by atoms with Gasteiger partial charge in [0, 0.05) is 38.2 Å². The van der Waals surface area contributed by atoms with Gasteiger partial charge < -0.3 is 4.90 Å². The number of hydrogen-bond acceptors (Lipinski definition) is 3. The molecule has 9 heteroatoms. The summed E-state index contributed by atoms with van der Waals surface area (Å²) in [4.78, 5) is 14.2. The topological polar surface area (TPSA) is 69.7 Å². The second kappa shape index (κ2) is 7.36. The van der Waals surface area contributed by atoms with Crippen molar-refractivity contribution in [2.75, 3.05) is 27.2 Å². The Morgan fingerprint density at radius 1 is 1.26 bits per heavy atom. The highest BCUT2D eigenvalue weighted by Gasteiger charge is 2.28. The van der Waals surface area contributed by atoms with Crippen molar-refractivity contribution < 1.29 is 13.2 Å². The number of likely N-dealkylation sites (tertiary alicyclic amines) is 1. The van der Waals surface area contributed by atoms with Gasteiger partial charge in [-0.15, -0.1) is 0 Å². The Morgan fingerprint density at radius 2 is 1.87 bits per heavy atom. The number of nitrogens with one attached hydrogen (secondary N) is 1. The molecule has 1 amide bonds. The summed E-state index contributed by atoms with van der Waals surface area (Å²) in [6.07, 6.45) is 1.11. The van der Waals surface area contributed by atoms with E-state index < -0.39 is 10.2 Å². The molecule has 0 unspecified atom stereocenters. The summed E-state index contributed by atoms with van der Waals surface area (Å²) in [5.41, 5.74) is 0.367. The number of rotatable bonds is 4. The monoisotopic (exact) mass is 379 g/mol. The first kappa shape index (κ1) is 18.5. The first-order chi connectivity index (χ1) is 10.7. The van der Waals surface area contributed by atoms with E-state index in [9.17, 15) is 13.2 Å². The molecule has 23 heavy (non-hydrogen) atoms. The SMILES string of the molecule is CN(C)S(=O)(=O)NC1CCN(C(=O)c2cc(Cl)ccc2Cl)CC1. The fraction of sp³-hybridized carbons (Fsp3) is 0.500. The molecule has 1 saturated heterocycles. The van der Waals surface area contributed by atoms with E-state index in [1.807, 2.05) is 0 Å². The van der Waals surface area contributed by atoms with Crippen LogP contribution in [0, 0.1) is 0 Å². The molecule has 1 aliphatic heterocycles. The summed E-state index contributed by atoms with van der Waals surface area (Å²) < 4.78 is 27.4. The van der Waals surface area contributed by atoms with Crippen LogP contribution >= 0.6 is 23.2 Å². The number of halogens is 2. The van der Waals surface area contributed by atoms with Crippen molar-refractivity contribution >= 4 is 39.3 Å². The van der Waals surface area contributed by atoms with Gasteiger partial charge >= 0.3 is 0 Å². The van der Waals surface area contributed by atoms with Gasteiger partial charge in [-0.1, -0.05) is 23.2 Å². The molecule has 6 nitrogen and oxygen atoms in total. The first-order valence-electron chi connectivity index (χ1n) is 7.15. The molecule has 0 radical (unpaired) electrons. The molecule has 0 aliphatic carbocycles. The third-order valence-electron chi connectivity index (χ3n) is 3.74. The lowest BCUT2D eigenvalue weighted by Gasteiger charge is -2.33. The molecule has 1 aromatic rings. The van der Waals surface area contributed by atoms with Gasteiger partial charge in [0.1, 0.15) is 0 Å². The molecule has 2 rings (SSSR count). The van der Waals surface area contributed by atoms with Crippen LogP contribution in [0.1, 0.15) is 23.2 Å². The number of carbonyl (C=O) groups excluding carboxylic acids is 1. The van der Waals surface area contributed by atoms with Crippen molar-refractivity contribution in [1.82, 2.24) is 13.9 Å². The van der Waals surface area contributed by atoms with Crippen LogP contribution in [0.5, 0.6) is 0 Å². The number of piperidine rings is 1. The predicted octanol–water partition coefficient (Wildman–Crippen LogP) is 1.99. The highest BCUT2D eigenvalue weighted by Crippen LogP contribution is 2.23. The largest absolute Gasteiger partial charge is 0.338 e. The number of nitrogens with zero attached hydrogens (tertiary/aromatic N) is 2. The second-order valence-electron chi connectivity index (χ2n) is 5.60. The summed E-state index contributed by atoms with van der Waals surface area (Å²) in [6.45, 7) is 0.921. The Bertz CT molecular complexity index is 687. The third-order valence-corrected chi connectivity index (χ3v) is 5.89. The molecule has 0 aromatic heterocycles. The Balaban J connectivity index is 1.99. The molecule has 1 aromatic carbocycles. The maximum absolute atomic E-state index is 12.5. The van der Waals surface area contributed by atoms with Crippen LogP contribution in [0.3, 0.4) is 0 Å². The summed E-state index contributed by atoms with van der Waals surface area (Å²) >= 11 is 12.0. The number of hydrogen-bond donors (Lipinski definition) is 1. The molecule has 1 N–H and O–H groups in total. The van der Waals surface area contributed by atoms with Crippen LogP contribution in [0.4, 0.5) is 0 Å². The van der Waals surface area contributed by atoms with E-state index >= 15 is 0 Å². The van der Waals surface area contributed by atoms with Gasteiger partial charge in [-0.25, -0.2) is 0 Å². The quantitative estimate of drug-likeness (QED) is 0.869. The summed E-state index contributed by atoms with van der Waals surface area (Å²) in [6, 6.07) is 4.59. The standard InChI is InChI=1S/C14H19Cl2N3O3S/c1-18(2)23(21,22)17-11-5-7-19(8-6-11)14(20)12-9-10(15)3-4-13(12)16/h3-4,9,11,17H,5-8H2,1-2H3. The Hall–Kier alpha value is -0.860. The zero-order valence-electron chi connectivity index (χ0n) is 12.9. The van der Waals surface area contributed by atoms with E-state index in [0.717, 1.165) is 4.31 Å². The molecular weight excluding hydrogens is 361 g/mol. The minimum atomic E-state index is -3.46. The van der Waals surface area contributed by atoms with E-state index in [1.54, 1.807) is 23.1 Å². The smallest absolute Gasteiger partial charge is 0.279 e. The van der Waals surface area contributed by atoms with Gasteiger partial charge in [-0.2, -0.15) is 17.4 Å². The van der Waals surface area contributed by atoms with E-state index in [2.05, 4.69) is 4.72 Å². The van der Waals surface area contributed by atoms with Gasteiger partial charge in [0.25, 0.3) is 16.1 Å². The van der Waals surface area contributed by atoms with E-state index in [1.165, 1.54) is 14.1 Å². The lowest BCUT2D eigenvalue weighted by Crippen LogP contribution is -2.49. The number of benzene rings is 1. The van der Waals surface area contributed by atoms with Gasteiger partial charge in [0.2, 0.25) is 0 Å². The summed E-state index contributed by atoms with van der Waals surface area (Å²) in [7, 11) is -0.510. The highest BCUT2D eigenvalue weighted by molar-refractivity contribution is 7.87. The molecular formula is C14H19Cl2N3O3S. The molecule has 0 spiro atoms. The lowest BCUT2D eigenvalue weighted by molar-refractivity contribution is 0.0711. The van der Waals surface area contributed by atoms with Crippen LogP contribution < -0.4 is 4.72 Å². The van der Waals surface area contributed by atoms with Gasteiger partial charge in [0.05, 0.1) is 10.6 Å². The molecule has 0 atom stereocenters. The molecule has 1 heterocycles. The minimum absolute atomic E-state index is 0.179. The zero-order chi connectivity index (χ0) is 17.2. The predicted molar refractivity (Wildman–Crippen MR) is 91.1 cm³/mol. The van der Waals surface area contributed by atoms with E-state index in [-0.39, 0.29) is 11.9 Å². The van der Waals surface area contributed by atoms with Crippen LogP contribution in [-0.2, 0) is 10.2 Å². The minimum Gasteiger partial charge on any atom is -0.338 e. The van der Waals surface area contributed by atoms with Crippen molar-refractivity contribution in [3.63, 3.8) is 0 Å². The number of amides is 1. The Morgan fingerprint density at radius 3 is 2.43 bits per heavy atom. The average Bonchev–Trinajstić information content (AvgIpc) is 2.49. The average molecular weight is 380 g/mol. The highest BCUT2D eigenvalue weighted by atomic mass is 35.5. The van der Waals surface area contributed by atoms with Gasteiger partial charge in [-0.05, 0) is 31.0 Å². The van der Waals surface area contributed by atoms with Crippen LogP contribution in [0.25, 0.3) is 0 Å². The zero-order valence-corrected chi connectivity index (χ0v) is 15.2. The lowest BCUT2D eigenvalue weighted by atomic mass is 10.0. The molecule has 1 aliphatic rings. The number of carbonyl (C=O) groups is 1. The first-order valence-corrected chi connectivity index (χ1v) is 9.34. The van der Waals surface area contributed by atoms with Crippen molar-refractivity contribution in [3.8, 4) is 0 Å². The fourth-order valence-electron chi connectivity index (χ4n) is 2.35. The molecule has 1 fully saturated rings. The van der Waals surface area contributed by atoms with Gasteiger partial charge in [0.15, 0.2) is 0 Å². The molecule has 0 bridgehead atoms. The normalized spacial score (nSPS) is 16.8. The Kier molecular flexibility index (Phi) is 5.91. The molecule has 0 saturated carbocycles. The van der Waals surface area contributed by atoms with Crippen molar-refractivity contribution in [2.45, 2.75) is 18.9 Å². The fourth-order valence-corrected chi connectivity index (χ4v) is 3.59. The van der Waals surface area contributed by atoms with Crippen molar-refractivity contribution in [3.05, 3.63) is 33.8 Å². The van der Waals surface area contributed by atoms with Gasteiger partial charge in [-0.3, -0.25) is 4.79 Å². The Labute approximate surface area is 146 Å².